The number of aryl methyl sites for hydroxylation is 3. The maximum atomic E-state index is 12.8. The van der Waals surface area contributed by atoms with Crippen molar-refractivity contribution in [2.75, 3.05) is 4.72 Å². The van der Waals surface area contributed by atoms with Gasteiger partial charge < -0.3 is 4.42 Å². The van der Waals surface area contributed by atoms with Gasteiger partial charge in [0.2, 0.25) is 5.03 Å². The van der Waals surface area contributed by atoms with Crippen LogP contribution in [0.15, 0.2) is 46.0 Å². The molecular weight excluding hydrogens is 328 g/mol. The van der Waals surface area contributed by atoms with Gasteiger partial charge in [-0.1, -0.05) is 37.3 Å². The van der Waals surface area contributed by atoms with Gasteiger partial charge >= 0.3 is 0 Å². The summed E-state index contributed by atoms with van der Waals surface area (Å²) in [7, 11) is -2.16. The van der Waals surface area contributed by atoms with E-state index >= 15 is 0 Å². The maximum absolute atomic E-state index is 12.8. The fourth-order valence-electron chi connectivity index (χ4n) is 2.44. The standard InChI is InChI=1S/C16H18N4O3S/c1-4-13-14(10-20(3)18-13)19-24(21,22)16-15(23-11(2)17-16)12-8-6-5-7-9-12/h5-10,19H,4H2,1-3H3. The Hall–Kier alpha value is -2.61. The molecule has 2 aromatic heterocycles. The SMILES string of the molecule is CCc1nn(C)cc1NS(=O)(=O)c1nc(C)oc1-c1ccccc1. The van der Waals surface area contributed by atoms with Crippen LogP contribution >= 0.6 is 0 Å². The lowest BCUT2D eigenvalue weighted by atomic mass is 10.2. The number of hydrogen-bond donors (Lipinski definition) is 1. The van der Waals surface area contributed by atoms with Crippen LogP contribution in [0.25, 0.3) is 11.3 Å². The van der Waals surface area contributed by atoms with Crippen LogP contribution in [0.3, 0.4) is 0 Å². The second-order valence-corrected chi connectivity index (χ2v) is 6.95. The van der Waals surface area contributed by atoms with Crippen molar-refractivity contribution >= 4 is 15.7 Å². The van der Waals surface area contributed by atoms with E-state index in [4.69, 9.17) is 4.42 Å². The molecule has 2 heterocycles. The van der Waals surface area contributed by atoms with Crippen LogP contribution in [0.5, 0.6) is 0 Å². The molecule has 0 saturated carbocycles. The molecule has 24 heavy (non-hydrogen) atoms. The molecule has 0 fully saturated rings. The molecule has 7 nitrogen and oxygen atoms in total. The number of benzene rings is 1. The van der Waals surface area contributed by atoms with Gasteiger partial charge in [0.1, 0.15) is 0 Å². The average Bonchev–Trinajstić information content (AvgIpc) is 3.11. The summed E-state index contributed by atoms with van der Waals surface area (Å²) in [6.45, 7) is 3.53. The summed E-state index contributed by atoms with van der Waals surface area (Å²) >= 11 is 0. The van der Waals surface area contributed by atoms with Gasteiger partial charge in [-0.15, -0.1) is 0 Å². The molecule has 3 aromatic rings. The quantitative estimate of drug-likeness (QED) is 0.767. The molecule has 0 atom stereocenters. The number of nitrogens with one attached hydrogen (secondary N) is 1. The van der Waals surface area contributed by atoms with E-state index in [2.05, 4.69) is 14.8 Å². The van der Waals surface area contributed by atoms with Gasteiger partial charge in [-0.25, -0.2) is 0 Å². The van der Waals surface area contributed by atoms with Crippen LogP contribution < -0.4 is 4.72 Å². The number of rotatable bonds is 5. The van der Waals surface area contributed by atoms with E-state index in [1.165, 1.54) is 0 Å². The molecule has 0 radical (unpaired) electrons. The molecule has 8 heteroatoms. The van der Waals surface area contributed by atoms with Crippen molar-refractivity contribution in [2.24, 2.45) is 7.05 Å². The van der Waals surface area contributed by atoms with Crippen LogP contribution in [-0.4, -0.2) is 23.2 Å². The van der Waals surface area contributed by atoms with Gasteiger partial charge in [-0.2, -0.15) is 18.5 Å². The highest BCUT2D eigenvalue weighted by Gasteiger charge is 2.27. The van der Waals surface area contributed by atoms with Crippen molar-refractivity contribution in [3.05, 3.63) is 48.1 Å². The zero-order valence-electron chi connectivity index (χ0n) is 13.6. The second-order valence-electron chi connectivity index (χ2n) is 5.36. The zero-order valence-corrected chi connectivity index (χ0v) is 14.5. The van der Waals surface area contributed by atoms with Gasteiger partial charge in [-0.3, -0.25) is 9.40 Å². The third-order valence-electron chi connectivity index (χ3n) is 3.48. The summed E-state index contributed by atoms with van der Waals surface area (Å²) in [6.07, 6.45) is 2.24. The first-order valence-electron chi connectivity index (χ1n) is 7.49. The van der Waals surface area contributed by atoms with Crippen LogP contribution in [-0.2, 0) is 23.5 Å². The second kappa shape index (κ2) is 6.12. The van der Waals surface area contributed by atoms with E-state index < -0.39 is 10.0 Å². The topological polar surface area (TPSA) is 90.0 Å². The van der Waals surface area contributed by atoms with Crippen molar-refractivity contribution in [3.63, 3.8) is 0 Å². The summed E-state index contributed by atoms with van der Waals surface area (Å²) < 4.78 is 35.3. The van der Waals surface area contributed by atoms with E-state index in [1.54, 1.807) is 37.0 Å². The lowest BCUT2D eigenvalue weighted by Crippen LogP contribution is -2.15. The van der Waals surface area contributed by atoms with Crippen molar-refractivity contribution < 1.29 is 12.8 Å². The van der Waals surface area contributed by atoms with E-state index in [0.29, 0.717) is 23.4 Å². The minimum absolute atomic E-state index is 0.128. The molecule has 3 rings (SSSR count). The number of sulfonamides is 1. The Balaban J connectivity index is 2.05. The first kappa shape index (κ1) is 16.3. The molecular formula is C16H18N4O3S. The molecule has 0 saturated heterocycles. The number of hydrogen-bond acceptors (Lipinski definition) is 5. The summed E-state index contributed by atoms with van der Waals surface area (Å²) in [5.74, 6) is 0.513. The molecule has 0 aliphatic carbocycles. The number of anilines is 1. The molecule has 0 aliphatic heterocycles. The highest BCUT2D eigenvalue weighted by molar-refractivity contribution is 7.92. The van der Waals surface area contributed by atoms with Gasteiger partial charge in [-0.05, 0) is 6.42 Å². The average molecular weight is 346 g/mol. The molecule has 126 valence electrons. The summed E-state index contributed by atoms with van der Waals surface area (Å²) in [5, 5.41) is 4.11. The van der Waals surface area contributed by atoms with E-state index in [-0.39, 0.29) is 16.7 Å². The molecule has 0 spiro atoms. The van der Waals surface area contributed by atoms with E-state index in [1.807, 2.05) is 25.1 Å². The monoisotopic (exact) mass is 346 g/mol. The van der Waals surface area contributed by atoms with Crippen LogP contribution in [0.4, 0.5) is 5.69 Å². The number of oxazole rings is 1. The summed E-state index contributed by atoms with van der Waals surface area (Å²) in [4.78, 5) is 4.07. The molecule has 0 aliphatic rings. The van der Waals surface area contributed by atoms with Crippen molar-refractivity contribution in [1.82, 2.24) is 14.8 Å². The Morgan fingerprint density at radius 2 is 1.96 bits per heavy atom. The first-order valence-corrected chi connectivity index (χ1v) is 8.97. The van der Waals surface area contributed by atoms with E-state index in [0.717, 1.165) is 0 Å². The Kier molecular flexibility index (Phi) is 4.15. The van der Waals surface area contributed by atoms with Gasteiger partial charge in [0, 0.05) is 25.7 Å². The highest BCUT2D eigenvalue weighted by Crippen LogP contribution is 2.29. The fourth-order valence-corrected chi connectivity index (χ4v) is 3.65. The lowest BCUT2D eigenvalue weighted by molar-refractivity contribution is 0.533. The van der Waals surface area contributed by atoms with E-state index in [9.17, 15) is 8.42 Å². The Labute approximate surface area is 140 Å². The third-order valence-corrected chi connectivity index (χ3v) is 4.75. The molecule has 0 unspecified atom stereocenters. The minimum Gasteiger partial charge on any atom is -0.440 e. The van der Waals surface area contributed by atoms with Crippen LogP contribution in [0.1, 0.15) is 18.5 Å². The Bertz CT molecular complexity index is 959. The predicted octanol–water partition coefficient (Wildman–Crippen LogP) is 2.75. The molecule has 1 aromatic carbocycles. The Morgan fingerprint density at radius 3 is 2.62 bits per heavy atom. The predicted molar refractivity (Wildman–Crippen MR) is 90.1 cm³/mol. The van der Waals surface area contributed by atoms with Gasteiger partial charge in [0.05, 0.1) is 11.4 Å². The number of aromatic nitrogens is 3. The molecule has 0 amide bonds. The van der Waals surface area contributed by atoms with Crippen LogP contribution in [0.2, 0.25) is 0 Å². The molecule has 1 N–H and O–H groups in total. The smallest absolute Gasteiger partial charge is 0.283 e. The fraction of sp³-hybridized carbons (Fsp3) is 0.250. The first-order chi connectivity index (χ1) is 11.4. The largest absolute Gasteiger partial charge is 0.440 e. The number of nitrogens with zero attached hydrogens (tertiary/aromatic N) is 3. The normalized spacial score (nSPS) is 11.6. The van der Waals surface area contributed by atoms with Crippen LogP contribution in [0, 0.1) is 6.92 Å². The van der Waals surface area contributed by atoms with Crippen molar-refractivity contribution in [2.45, 2.75) is 25.3 Å². The minimum atomic E-state index is -3.90. The maximum Gasteiger partial charge on any atom is 0.283 e. The highest BCUT2D eigenvalue weighted by atomic mass is 32.2. The van der Waals surface area contributed by atoms with Gasteiger partial charge in [0.15, 0.2) is 11.7 Å². The van der Waals surface area contributed by atoms with Crippen molar-refractivity contribution in [1.29, 1.82) is 0 Å². The summed E-state index contributed by atoms with van der Waals surface area (Å²) in [5.41, 5.74) is 1.77. The van der Waals surface area contributed by atoms with Gasteiger partial charge in [0.25, 0.3) is 10.0 Å². The zero-order chi connectivity index (χ0) is 17.3. The van der Waals surface area contributed by atoms with Crippen molar-refractivity contribution in [3.8, 4) is 11.3 Å². The summed E-state index contributed by atoms with van der Waals surface area (Å²) in [6, 6.07) is 9.03. The molecule has 0 bridgehead atoms. The lowest BCUT2D eigenvalue weighted by Gasteiger charge is -2.06. The Morgan fingerprint density at radius 1 is 1.25 bits per heavy atom. The third kappa shape index (κ3) is 3.05.